The van der Waals surface area contributed by atoms with E-state index in [1.165, 1.54) is 0 Å². The van der Waals surface area contributed by atoms with Crippen LogP contribution >= 0.6 is 0 Å². The van der Waals surface area contributed by atoms with Crippen molar-refractivity contribution in [2.45, 2.75) is 44.7 Å². The summed E-state index contributed by atoms with van der Waals surface area (Å²) in [4.78, 5) is 2.45. The second-order valence-electron chi connectivity index (χ2n) is 6.03. The van der Waals surface area contributed by atoms with Crippen LogP contribution in [0.5, 0.6) is 5.75 Å². The third-order valence-electron chi connectivity index (χ3n) is 4.29. The van der Waals surface area contributed by atoms with E-state index in [4.69, 9.17) is 4.74 Å². The molecule has 1 fully saturated rings. The molecule has 0 aliphatic carbocycles. The summed E-state index contributed by atoms with van der Waals surface area (Å²) in [6.45, 7) is 6.48. The Kier molecular flexibility index (Phi) is 5.08. The fourth-order valence-electron chi connectivity index (χ4n) is 2.89. The molecule has 1 unspecified atom stereocenters. The molecule has 2 rings (SSSR count). The van der Waals surface area contributed by atoms with Gasteiger partial charge in [0, 0.05) is 18.3 Å². The lowest BCUT2D eigenvalue weighted by Gasteiger charge is -2.29. The van der Waals surface area contributed by atoms with Crippen LogP contribution in [0.3, 0.4) is 0 Å². The van der Waals surface area contributed by atoms with Crippen LogP contribution < -0.4 is 10.1 Å². The normalized spacial score (nSPS) is 23.4. The van der Waals surface area contributed by atoms with Gasteiger partial charge in [-0.2, -0.15) is 5.26 Å². The van der Waals surface area contributed by atoms with Crippen LogP contribution in [0.4, 0.5) is 5.69 Å². The zero-order chi connectivity index (χ0) is 15.3. The van der Waals surface area contributed by atoms with Crippen molar-refractivity contribution in [2.24, 2.45) is 0 Å². The lowest BCUT2D eigenvalue weighted by atomic mass is 9.92. The SMILES string of the molecule is COc1ccc(NC2(C#N)CCCN(C(C)C)CC2)cc1. The van der Waals surface area contributed by atoms with Crippen LogP contribution in [0.2, 0.25) is 0 Å². The van der Waals surface area contributed by atoms with Crippen LogP contribution in [-0.2, 0) is 0 Å². The summed E-state index contributed by atoms with van der Waals surface area (Å²) in [5, 5.41) is 13.1. The third-order valence-corrected chi connectivity index (χ3v) is 4.29. The van der Waals surface area contributed by atoms with Crippen LogP contribution in [0.25, 0.3) is 0 Å². The summed E-state index contributed by atoms with van der Waals surface area (Å²) in [5.74, 6) is 0.832. The van der Waals surface area contributed by atoms with E-state index in [1.54, 1.807) is 7.11 Å². The predicted molar refractivity (Wildman–Crippen MR) is 85.5 cm³/mol. The minimum atomic E-state index is -0.460. The lowest BCUT2D eigenvalue weighted by Crippen LogP contribution is -2.38. The van der Waals surface area contributed by atoms with Crippen molar-refractivity contribution in [1.82, 2.24) is 4.90 Å². The van der Waals surface area contributed by atoms with Gasteiger partial charge in [-0.1, -0.05) is 0 Å². The molecular formula is C17H25N3O. The van der Waals surface area contributed by atoms with Crippen molar-refractivity contribution in [3.8, 4) is 11.8 Å². The molecule has 114 valence electrons. The molecule has 0 saturated carbocycles. The summed E-state index contributed by atoms with van der Waals surface area (Å²) < 4.78 is 5.17. The Balaban J connectivity index is 2.08. The zero-order valence-electron chi connectivity index (χ0n) is 13.2. The molecule has 0 amide bonds. The van der Waals surface area contributed by atoms with E-state index in [2.05, 4.69) is 30.1 Å². The fraction of sp³-hybridized carbons (Fsp3) is 0.588. The Labute approximate surface area is 127 Å². The molecule has 0 spiro atoms. The predicted octanol–water partition coefficient (Wildman–Crippen LogP) is 3.26. The van der Waals surface area contributed by atoms with Crippen molar-refractivity contribution < 1.29 is 4.74 Å². The molecule has 1 aliphatic rings. The highest BCUT2D eigenvalue weighted by molar-refractivity contribution is 5.50. The maximum Gasteiger partial charge on any atom is 0.126 e. The van der Waals surface area contributed by atoms with Crippen molar-refractivity contribution in [3.63, 3.8) is 0 Å². The summed E-state index contributed by atoms with van der Waals surface area (Å²) in [5.41, 5.74) is 0.522. The van der Waals surface area contributed by atoms with Crippen LogP contribution in [0, 0.1) is 11.3 Å². The van der Waals surface area contributed by atoms with E-state index in [0.29, 0.717) is 6.04 Å². The van der Waals surface area contributed by atoms with Gasteiger partial charge in [0.2, 0.25) is 0 Å². The zero-order valence-corrected chi connectivity index (χ0v) is 13.2. The summed E-state index contributed by atoms with van der Waals surface area (Å²) in [7, 11) is 1.66. The standard InChI is InChI=1S/C17H25N3O/c1-14(2)20-11-4-9-17(13-18,10-12-20)19-15-5-7-16(21-3)8-6-15/h5-8,14,19H,4,9-12H2,1-3H3. The van der Waals surface area contributed by atoms with Crippen molar-refractivity contribution >= 4 is 5.69 Å². The highest BCUT2D eigenvalue weighted by atomic mass is 16.5. The molecule has 1 N–H and O–H groups in total. The second-order valence-corrected chi connectivity index (χ2v) is 6.03. The number of likely N-dealkylation sites (tertiary alicyclic amines) is 1. The molecule has 4 nitrogen and oxygen atoms in total. The smallest absolute Gasteiger partial charge is 0.126 e. The molecular weight excluding hydrogens is 262 g/mol. The van der Waals surface area contributed by atoms with Gasteiger partial charge in [-0.3, -0.25) is 0 Å². The van der Waals surface area contributed by atoms with E-state index in [1.807, 2.05) is 24.3 Å². The summed E-state index contributed by atoms with van der Waals surface area (Å²) in [6.07, 6.45) is 2.79. The molecule has 4 heteroatoms. The average Bonchev–Trinajstić information content (AvgIpc) is 2.71. The van der Waals surface area contributed by atoms with Crippen LogP contribution in [0.15, 0.2) is 24.3 Å². The van der Waals surface area contributed by atoms with Crippen molar-refractivity contribution in [3.05, 3.63) is 24.3 Å². The third kappa shape index (κ3) is 3.89. The number of anilines is 1. The maximum absolute atomic E-state index is 9.70. The van der Waals surface area contributed by atoms with Gasteiger partial charge in [0.05, 0.1) is 13.2 Å². The van der Waals surface area contributed by atoms with Gasteiger partial charge in [-0.25, -0.2) is 0 Å². The van der Waals surface area contributed by atoms with Crippen molar-refractivity contribution in [2.75, 3.05) is 25.5 Å². The molecule has 0 bridgehead atoms. The molecule has 1 saturated heterocycles. The van der Waals surface area contributed by atoms with Gasteiger partial charge in [0.25, 0.3) is 0 Å². The number of methoxy groups -OCH3 is 1. The van der Waals surface area contributed by atoms with E-state index in [0.717, 1.165) is 43.8 Å². The number of nitriles is 1. The molecule has 1 aliphatic heterocycles. The molecule has 1 heterocycles. The Morgan fingerprint density at radius 1 is 1.24 bits per heavy atom. The first-order valence-corrected chi connectivity index (χ1v) is 7.66. The van der Waals surface area contributed by atoms with E-state index in [9.17, 15) is 5.26 Å². The van der Waals surface area contributed by atoms with Crippen molar-refractivity contribution in [1.29, 1.82) is 5.26 Å². The first-order valence-electron chi connectivity index (χ1n) is 7.66. The van der Waals surface area contributed by atoms with E-state index in [-0.39, 0.29) is 0 Å². The lowest BCUT2D eigenvalue weighted by molar-refractivity contribution is 0.229. The Morgan fingerprint density at radius 2 is 1.95 bits per heavy atom. The van der Waals surface area contributed by atoms with Gasteiger partial charge in [-0.05, 0) is 63.9 Å². The Bertz CT molecular complexity index is 492. The highest BCUT2D eigenvalue weighted by Crippen LogP contribution is 2.28. The minimum absolute atomic E-state index is 0.460. The largest absolute Gasteiger partial charge is 0.497 e. The van der Waals surface area contributed by atoms with Gasteiger partial charge >= 0.3 is 0 Å². The number of hydrogen-bond acceptors (Lipinski definition) is 4. The number of nitrogens with one attached hydrogen (secondary N) is 1. The van der Waals surface area contributed by atoms with Gasteiger partial charge in [-0.15, -0.1) is 0 Å². The minimum Gasteiger partial charge on any atom is -0.497 e. The molecule has 0 radical (unpaired) electrons. The molecule has 0 aromatic heterocycles. The maximum atomic E-state index is 9.70. The fourth-order valence-corrected chi connectivity index (χ4v) is 2.89. The first-order chi connectivity index (χ1) is 10.1. The quantitative estimate of drug-likeness (QED) is 0.923. The van der Waals surface area contributed by atoms with Gasteiger partial charge in [0.15, 0.2) is 0 Å². The number of benzene rings is 1. The topological polar surface area (TPSA) is 48.3 Å². The number of ether oxygens (including phenoxy) is 1. The number of rotatable bonds is 4. The summed E-state index contributed by atoms with van der Waals surface area (Å²) in [6, 6.07) is 10.9. The van der Waals surface area contributed by atoms with E-state index < -0.39 is 5.54 Å². The summed E-state index contributed by atoms with van der Waals surface area (Å²) >= 11 is 0. The Morgan fingerprint density at radius 3 is 2.52 bits per heavy atom. The molecule has 1 atom stereocenters. The number of hydrogen-bond donors (Lipinski definition) is 1. The number of nitrogens with zero attached hydrogens (tertiary/aromatic N) is 2. The Hall–Kier alpha value is -1.73. The monoisotopic (exact) mass is 287 g/mol. The highest BCUT2D eigenvalue weighted by Gasteiger charge is 2.33. The van der Waals surface area contributed by atoms with Gasteiger partial charge in [0.1, 0.15) is 11.3 Å². The molecule has 21 heavy (non-hydrogen) atoms. The average molecular weight is 287 g/mol. The van der Waals surface area contributed by atoms with Gasteiger partial charge < -0.3 is 15.0 Å². The first kappa shape index (κ1) is 15.7. The second kappa shape index (κ2) is 6.82. The van der Waals surface area contributed by atoms with Crippen LogP contribution in [-0.4, -0.2) is 36.7 Å². The van der Waals surface area contributed by atoms with Crippen LogP contribution in [0.1, 0.15) is 33.1 Å². The van der Waals surface area contributed by atoms with E-state index >= 15 is 0 Å². The molecule has 1 aromatic carbocycles. The molecule has 1 aromatic rings.